The van der Waals surface area contributed by atoms with Gasteiger partial charge in [-0.15, -0.1) is 0 Å². The first-order valence-electron chi connectivity index (χ1n) is 14.4. The highest BCUT2D eigenvalue weighted by molar-refractivity contribution is 5.86. The molecule has 3 fully saturated rings. The molecule has 0 bridgehead atoms. The Bertz CT molecular complexity index is 1230. The molecule has 2 aromatic carbocycles. The summed E-state index contributed by atoms with van der Waals surface area (Å²) in [6.45, 7) is 2.93. The second kappa shape index (κ2) is 10.6. The Hall–Kier alpha value is -2.65. The Morgan fingerprint density at radius 2 is 1.75 bits per heavy atom. The molecule has 1 aliphatic carbocycles. The molecule has 2 unspecified atom stereocenters. The lowest BCUT2D eigenvalue weighted by molar-refractivity contribution is -0.177. The quantitative estimate of drug-likeness (QED) is 0.425. The van der Waals surface area contributed by atoms with Crippen LogP contribution in [0.25, 0.3) is 0 Å². The number of methoxy groups -OCH3 is 1. The summed E-state index contributed by atoms with van der Waals surface area (Å²) < 4.78 is 65.7. The molecule has 3 aliphatic heterocycles. The van der Waals surface area contributed by atoms with Crippen molar-refractivity contribution in [1.29, 1.82) is 0 Å². The van der Waals surface area contributed by atoms with Crippen LogP contribution in [0, 0.1) is 11.7 Å². The number of hydrogen-bond donors (Lipinski definition) is 0. The van der Waals surface area contributed by atoms with Crippen LogP contribution in [0.5, 0.6) is 5.75 Å². The molecule has 2 atom stereocenters. The zero-order valence-corrected chi connectivity index (χ0v) is 22.8. The summed E-state index contributed by atoms with van der Waals surface area (Å²) in [7, 11) is 1.38. The molecular weight excluding hydrogens is 524 g/mol. The lowest BCUT2D eigenvalue weighted by Gasteiger charge is -2.46. The molecule has 1 amide bonds. The first-order valence-corrected chi connectivity index (χ1v) is 14.4. The highest BCUT2D eigenvalue weighted by Gasteiger charge is 2.56. The summed E-state index contributed by atoms with van der Waals surface area (Å²) in [6.07, 6.45) is 1.35. The van der Waals surface area contributed by atoms with Crippen LogP contribution in [0.4, 0.5) is 17.6 Å². The number of ether oxygens (including phenoxy) is 2. The number of fused-ring (bicyclic) bond motifs is 1. The third-order valence-electron chi connectivity index (χ3n) is 9.50. The molecule has 9 heteroatoms. The topological polar surface area (TPSA) is 42.0 Å². The number of carbonyl (C=O) groups is 1. The molecule has 5 nitrogen and oxygen atoms in total. The van der Waals surface area contributed by atoms with Gasteiger partial charge in [-0.3, -0.25) is 9.69 Å². The smallest absolute Gasteiger partial charge is 0.416 e. The lowest BCUT2D eigenvalue weighted by Crippen LogP contribution is -2.58. The second-order valence-electron chi connectivity index (χ2n) is 11.8. The van der Waals surface area contributed by atoms with Crippen molar-refractivity contribution in [3.05, 3.63) is 64.5 Å². The van der Waals surface area contributed by atoms with Gasteiger partial charge >= 0.3 is 6.18 Å². The van der Waals surface area contributed by atoms with E-state index >= 15 is 0 Å². The van der Waals surface area contributed by atoms with Gasteiger partial charge in [-0.05, 0) is 105 Å². The maximum absolute atomic E-state index is 14.0. The van der Waals surface area contributed by atoms with Crippen molar-refractivity contribution in [3.63, 3.8) is 0 Å². The van der Waals surface area contributed by atoms with Crippen LogP contribution < -0.4 is 4.74 Å². The lowest BCUT2D eigenvalue weighted by atomic mass is 9.83. The van der Waals surface area contributed by atoms with E-state index < -0.39 is 17.3 Å². The summed E-state index contributed by atoms with van der Waals surface area (Å²) in [5, 5.41) is 0. The van der Waals surface area contributed by atoms with E-state index in [2.05, 4.69) is 4.90 Å². The number of alkyl halides is 3. The minimum Gasteiger partial charge on any atom is -0.496 e. The van der Waals surface area contributed by atoms with Gasteiger partial charge in [-0.2, -0.15) is 13.2 Å². The molecule has 3 heterocycles. The molecule has 0 aromatic heterocycles. The summed E-state index contributed by atoms with van der Waals surface area (Å²) in [5.41, 5.74) is 0.784. The summed E-state index contributed by atoms with van der Waals surface area (Å²) >= 11 is 0. The Labute approximate surface area is 232 Å². The molecule has 0 N–H and O–H groups in total. The van der Waals surface area contributed by atoms with Gasteiger partial charge in [0, 0.05) is 24.7 Å². The fraction of sp³-hybridized carbons (Fsp3) is 0.581. The van der Waals surface area contributed by atoms with Crippen molar-refractivity contribution in [2.45, 2.75) is 75.2 Å². The fourth-order valence-electron chi connectivity index (χ4n) is 7.06. The molecule has 2 saturated heterocycles. The number of carbonyl (C=O) groups excluding carboxylic acids is 1. The van der Waals surface area contributed by atoms with Gasteiger partial charge in [0.25, 0.3) is 5.91 Å². The van der Waals surface area contributed by atoms with Crippen molar-refractivity contribution < 1.29 is 31.8 Å². The maximum Gasteiger partial charge on any atom is 0.416 e. The summed E-state index contributed by atoms with van der Waals surface area (Å²) in [4.78, 5) is 18.2. The maximum atomic E-state index is 14.0. The zero-order valence-electron chi connectivity index (χ0n) is 22.8. The third-order valence-corrected chi connectivity index (χ3v) is 9.50. The Morgan fingerprint density at radius 1 is 1.02 bits per heavy atom. The van der Waals surface area contributed by atoms with E-state index in [1.54, 1.807) is 4.90 Å². The SMILES string of the molecule is COc1cc(C(F)(F)F)cc2c1CCN(C(=O)C1(C3CC3)CCC(N3CCC(c4ccc(F)cc4)CC3)CO1)C2. The van der Waals surface area contributed by atoms with Crippen molar-refractivity contribution in [3.8, 4) is 5.75 Å². The molecule has 4 aliphatic rings. The molecule has 40 heavy (non-hydrogen) atoms. The predicted molar refractivity (Wildman–Crippen MR) is 141 cm³/mol. The third kappa shape index (κ3) is 5.22. The fourth-order valence-corrected chi connectivity index (χ4v) is 7.06. The molecule has 216 valence electrons. The van der Waals surface area contributed by atoms with Gasteiger partial charge in [0.15, 0.2) is 0 Å². The number of piperidine rings is 1. The molecule has 2 aromatic rings. The minimum atomic E-state index is -4.49. The molecule has 0 spiro atoms. The van der Waals surface area contributed by atoms with Crippen molar-refractivity contribution in [1.82, 2.24) is 9.80 Å². The van der Waals surface area contributed by atoms with Crippen molar-refractivity contribution >= 4 is 5.91 Å². The van der Waals surface area contributed by atoms with Gasteiger partial charge in [0.05, 0.1) is 19.3 Å². The number of rotatable bonds is 5. The second-order valence-corrected chi connectivity index (χ2v) is 11.8. The first kappa shape index (κ1) is 27.5. The van der Waals surface area contributed by atoms with Crippen molar-refractivity contribution in [2.24, 2.45) is 5.92 Å². The summed E-state index contributed by atoms with van der Waals surface area (Å²) in [5.74, 6) is 0.530. The molecule has 1 saturated carbocycles. The monoisotopic (exact) mass is 560 g/mol. The minimum absolute atomic E-state index is 0.0782. The van der Waals surface area contributed by atoms with E-state index in [-0.39, 0.29) is 36.0 Å². The van der Waals surface area contributed by atoms with E-state index in [1.165, 1.54) is 24.8 Å². The standard InChI is InChI=1S/C31H36F4N2O3/c1-39-28-17-24(31(33,34)35)16-22-18-37(15-11-27(22)28)29(38)30(23-4-5-23)12-8-26(19-40-30)36-13-9-21(10-14-36)20-2-6-25(32)7-3-20/h2-3,6-7,16-17,21,23,26H,4-5,8-15,18-19H2,1H3. The normalized spacial score (nSPS) is 26.4. The Kier molecular flexibility index (Phi) is 7.32. The highest BCUT2D eigenvalue weighted by Crippen LogP contribution is 2.49. The van der Waals surface area contributed by atoms with Crippen LogP contribution in [-0.4, -0.2) is 60.7 Å². The predicted octanol–water partition coefficient (Wildman–Crippen LogP) is 5.95. The number of hydrogen-bond acceptors (Lipinski definition) is 4. The largest absolute Gasteiger partial charge is 0.496 e. The number of likely N-dealkylation sites (tertiary alicyclic amines) is 1. The number of amides is 1. The Balaban J connectivity index is 1.11. The van der Waals surface area contributed by atoms with Gasteiger partial charge in [0.2, 0.25) is 0 Å². The number of nitrogens with zero attached hydrogens (tertiary/aromatic N) is 2. The Morgan fingerprint density at radius 3 is 2.35 bits per heavy atom. The van der Waals surface area contributed by atoms with Gasteiger partial charge in [-0.1, -0.05) is 12.1 Å². The number of benzene rings is 2. The van der Waals surface area contributed by atoms with Crippen LogP contribution in [0.15, 0.2) is 36.4 Å². The number of halogens is 4. The van der Waals surface area contributed by atoms with E-state index in [1.807, 2.05) is 12.1 Å². The van der Waals surface area contributed by atoms with Crippen LogP contribution in [0.2, 0.25) is 0 Å². The van der Waals surface area contributed by atoms with E-state index in [0.29, 0.717) is 37.5 Å². The van der Waals surface area contributed by atoms with Crippen LogP contribution in [0.3, 0.4) is 0 Å². The van der Waals surface area contributed by atoms with E-state index in [0.717, 1.165) is 62.9 Å². The average molecular weight is 561 g/mol. The van der Waals surface area contributed by atoms with Crippen LogP contribution >= 0.6 is 0 Å². The molecule has 6 rings (SSSR count). The molecule has 0 radical (unpaired) electrons. The van der Waals surface area contributed by atoms with Gasteiger partial charge in [0.1, 0.15) is 17.2 Å². The van der Waals surface area contributed by atoms with Crippen LogP contribution in [-0.2, 0) is 28.7 Å². The van der Waals surface area contributed by atoms with E-state index in [4.69, 9.17) is 9.47 Å². The van der Waals surface area contributed by atoms with E-state index in [9.17, 15) is 22.4 Å². The van der Waals surface area contributed by atoms with Gasteiger partial charge < -0.3 is 14.4 Å². The molecular formula is C31H36F4N2O3. The first-order chi connectivity index (χ1) is 19.2. The van der Waals surface area contributed by atoms with Crippen LogP contribution in [0.1, 0.15) is 66.7 Å². The van der Waals surface area contributed by atoms with Crippen molar-refractivity contribution in [2.75, 3.05) is 33.4 Å². The van der Waals surface area contributed by atoms with Gasteiger partial charge in [-0.25, -0.2) is 4.39 Å². The summed E-state index contributed by atoms with van der Waals surface area (Å²) in [6, 6.07) is 9.27. The highest BCUT2D eigenvalue weighted by atomic mass is 19.4. The zero-order chi connectivity index (χ0) is 28.1. The average Bonchev–Trinajstić information content (AvgIpc) is 3.82.